The van der Waals surface area contributed by atoms with Crippen molar-refractivity contribution in [2.75, 3.05) is 38.5 Å². The Morgan fingerprint density at radius 1 is 1.11 bits per heavy atom. The van der Waals surface area contributed by atoms with Crippen LogP contribution in [0.2, 0.25) is 25.7 Å². The third-order valence-electron chi connectivity index (χ3n) is 6.72. The second-order valence-electron chi connectivity index (χ2n) is 12.3. The molecule has 1 fully saturated rings. The third kappa shape index (κ3) is 6.81. The van der Waals surface area contributed by atoms with Crippen LogP contribution in [0.25, 0.3) is 22.4 Å². The number of benzene rings is 1. The van der Waals surface area contributed by atoms with Crippen molar-refractivity contribution in [2.45, 2.75) is 66.0 Å². The number of carbonyl (C=O) groups excluding carboxylic acids is 1. The molecule has 38 heavy (non-hydrogen) atoms. The number of hydrogen-bond acceptors (Lipinski definition) is 7. The Hall–Kier alpha value is -2.75. The van der Waals surface area contributed by atoms with Gasteiger partial charge >= 0.3 is 0 Å². The minimum atomic E-state index is -1.20. The molecule has 0 atom stereocenters. The zero-order chi connectivity index (χ0) is 27.5. The summed E-state index contributed by atoms with van der Waals surface area (Å²) in [5.74, 6) is 0.747. The molecule has 3 heterocycles. The molecule has 1 saturated heterocycles. The Labute approximate surface area is 227 Å². The fourth-order valence-electron chi connectivity index (χ4n) is 4.50. The van der Waals surface area contributed by atoms with Crippen LogP contribution in [0.4, 0.5) is 5.69 Å². The molecule has 0 unspecified atom stereocenters. The van der Waals surface area contributed by atoms with Crippen molar-refractivity contribution in [1.29, 1.82) is 0 Å². The number of nitrogens with zero attached hydrogens (tertiary/aromatic N) is 4. The van der Waals surface area contributed by atoms with Crippen LogP contribution in [0, 0.1) is 5.41 Å². The second-order valence-corrected chi connectivity index (χ2v) is 17.9. The number of Topliss-reactive ketones (excluding diaryl/α,β-unsaturated/α-hetero) is 1. The topological polar surface area (TPSA) is 78.7 Å². The van der Waals surface area contributed by atoms with Gasteiger partial charge < -0.3 is 23.7 Å². The van der Waals surface area contributed by atoms with Crippen LogP contribution in [0.5, 0.6) is 5.75 Å². The molecule has 1 aromatic carbocycles. The molecule has 206 valence electrons. The predicted molar refractivity (Wildman–Crippen MR) is 155 cm³/mol. The van der Waals surface area contributed by atoms with Crippen molar-refractivity contribution in [3.63, 3.8) is 0 Å². The van der Waals surface area contributed by atoms with Gasteiger partial charge in [0.05, 0.1) is 17.5 Å². The van der Waals surface area contributed by atoms with Crippen LogP contribution in [0.3, 0.4) is 0 Å². The Balaban J connectivity index is 1.74. The zero-order valence-electron chi connectivity index (χ0n) is 24.0. The lowest BCUT2D eigenvalue weighted by Gasteiger charge is -2.20. The molecule has 9 heteroatoms. The Morgan fingerprint density at radius 2 is 1.84 bits per heavy atom. The highest BCUT2D eigenvalue weighted by Gasteiger charge is 2.28. The number of ether oxygens (including phenoxy) is 3. The smallest absolute Gasteiger partial charge is 0.188 e. The molecular weight excluding hydrogens is 496 g/mol. The zero-order valence-corrected chi connectivity index (χ0v) is 25.0. The first-order chi connectivity index (χ1) is 18.0. The normalized spacial score (nSPS) is 14.4. The quantitative estimate of drug-likeness (QED) is 0.124. The molecule has 3 aromatic rings. The number of carbonyl (C=O) groups is 1. The lowest BCUT2D eigenvalue weighted by molar-refractivity contribution is 0.0512. The molecule has 0 saturated carbocycles. The van der Waals surface area contributed by atoms with E-state index in [-0.39, 0.29) is 12.6 Å². The number of ketones is 1. The predicted octanol–water partition coefficient (Wildman–Crippen LogP) is 6.22. The van der Waals surface area contributed by atoms with Crippen LogP contribution in [0.15, 0.2) is 30.6 Å². The van der Waals surface area contributed by atoms with E-state index < -0.39 is 13.5 Å². The number of anilines is 1. The Bertz CT molecular complexity index is 1270. The Kier molecular flexibility index (Phi) is 8.59. The molecule has 0 spiro atoms. The van der Waals surface area contributed by atoms with Gasteiger partial charge in [0.1, 0.15) is 18.0 Å². The molecule has 1 aliphatic heterocycles. The van der Waals surface area contributed by atoms with Crippen LogP contribution < -0.4 is 9.64 Å². The standard InChI is InChI=1S/C29H42N4O4Si/c1-29(2,3)27(34)24-18-33(19-36-12-13-38(5,6)7)28-26(24)31-25(17-30-28)21-14-22(32-10-8-9-11-32)16-23(15-21)37-20-35-4/h14-18H,8-13,19-20H2,1-7H3. The van der Waals surface area contributed by atoms with Gasteiger partial charge in [-0.1, -0.05) is 40.4 Å². The van der Waals surface area contributed by atoms with Crippen molar-refractivity contribution in [1.82, 2.24) is 14.5 Å². The van der Waals surface area contributed by atoms with Crippen LogP contribution in [-0.4, -0.2) is 62.0 Å². The number of rotatable bonds is 11. The average molecular weight is 539 g/mol. The minimum absolute atomic E-state index is 0.0322. The molecule has 0 aliphatic carbocycles. The van der Waals surface area contributed by atoms with Gasteiger partial charge in [-0.15, -0.1) is 0 Å². The summed E-state index contributed by atoms with van der Waals surface area (Å²) in [6, 6.07) is 7.21. The molecule has 2 aromatic heterocycles. The summed E-state index contributed by atoms with van der Waals surface area (Å²) in [5.41, 5.74) is 3.95. The summed E-state index contributed by atoms with van der Waals surface area (Å²) < 4.78 is 18.9. The van der Waals surface area contributed by atoms with Crippen LogP contribution in [-0.2, 0) is 16.2 Å². The first-order valence-corrected chi connectivity index (χ1v) is 17.2. The molecule has 8 nitrogen and oxygen atoms in total. The van der Waals surface area contributed by atoms with Crippen molar-refractivity contribution in [3.05, 3.63) is 36.2 Å². The van der Waals surface area contributed by atoms with Crippen molar-refractivity contribution < 1.29 is 19.0 Å². The summed E-state index contributed by atoms with van der Waals surface area (Å²) in [4.78, 5) is 25.6. The van der Waals surface area contributed by atoms with E-state index in [9.17, 15) is 4.79 Å². The van der Waals surface area contributed by atoms with Gasteiger partial charge in [-0.3, -0.25) is 4.79 Å². The first kappa shape index (κ1) is 28.3. The molecule has 0 bridgehead atoms. The van der Waals surface area contributed by atoms with E-state index in [1.807, 2.05) is 43.7 Å². The fourth-order valence-corrected chi connectivity index (χ4v) is 5.26. The van der Waals surface area contributed by atoms with E-state index in [0.717, 1.165) is 30.4 Å². The van der Waals surface area contributed by atoms with Gasteiger partial charge in [0.25, 0.3) is 0 Å². The lowest BCUT2D eigenvalue weighted by atomic mass is 9.87. The van der Waals surface area contributed by atoms with Gasteiger partial charge in [0.2, 0.25) is 0 Å². The summed E-state index contributed by atoms with van der Waals surface area (Å²) in [7, 11) is 0.412. The summed E-state index contributed by atoms with van der Waals surface area (Å²) >= 11 is 0. The number of aromatic nitrogens is 3. The highest BCUT2D eigenvalue weighted by molar-refractivity contribution is 6.76. The van der Waals surface area contributed by atoms with E-state index in [1.165, 1.54) is 12.8 Å². The van der Waals surface area contributed by atoms with Crippen molar-refractivity contribution >= 4 is 30.7 Å². The summed E-state index contributed by atoms with van der Waals surface area (Å²) in [6.07, 6.45) is 5.98. The van der Waals surface area contributed by atoms with E-state index in [4.69, 9.17) is 24.2 Å². The van der Waals surface area contributed by atoms with Gasteiger partial charge in [-0.2, -0.15) is 0 Å². The molecule has 4 rings (SSSR count). The van der Waals surface area contributed by atoms with E-state index in [1.54, 1.807) is 13.3 Å². The molecule has 0 amide bonds. The maximum atomic E-state index is 13.4. The van der Waals surface area contributed by atoms with E-state index in [2.05, 4.69) is 30.6 Å². The first-order valence-electron chi connectivity index (χ1n) is 13.5. The van der Waals surface area contributed by atoms with Crippen molar-refractivity contribution in [2.24, 2.45) is 5.41 Å². The maximum absolute atomic E-state index is 13.4. The SMILES string of the molecule is COCOc1cc(-c2cnc3c(n2)c(C(=O)C(C)(C)C)cn3COCC[Si](C)(C)C)cc(N2CCCC2)c1. The average Bonchev–Trinajstić information content (AvgIpc) is 3.52. The van der Waals surface area contributed by atoms with Gasteiger partial charge in [-0.25, -0.2) is 9.97 Å². The molecular formula is C29H42N4O4Si. The van der Waals surface area contributed by atoms with Crippen LogP contribution >= 0.6 is 0 Å². The molecule has 0 N–H and O–H groups in total. The second kappa shape index (κ2) is 11.6. The monoisotopic (exact) mass is 538 g/mol. The fraction of sp³-hybridized carbons (Fsp3) is 0.552. The van der Waals surface area contributed by atoms with Crippen LogP contribution in [0.1, 0.15) is 44.0 Å². The summed E-state index contributed by atoms with van der Waals surface area (Å²) in [6.45, 7) is 16.0. The minimum Gasteiger partial charge on any atom is -0.467 e. The third-order valence-corrected chi connectivity index (χ3v) is 8.42. The van der Waals surface area contributed by atoms with Gasteiger partial charge in [-0.05, 0) is 31.0 Å². The number of methoxy groups -OCH3 is 1. The molecule has 1 aliphatic rings. The highest BCUT2D eigenvalue weighted by Crippen LogP contribution is 2.33. The van der Waals surface area contributed by atoms with Gasteiger partial charge in [0, 0.05) is 63.8 Å². The highest BCUT2D eigenvalue weighted by atomic mass is 28.3. The van der Waals surface area contributed by atoms with Crippen molar-refractivity contribution in [3.8, 4) is 17.0 Å². The molecule has 0 radical (unpaired) electrons. The summed E-state index contributed by atoms with van der Waals surface area (Å²) in [5, 5.41) is 0. The van der Waals surface area contributed by atoms with E-state index in [0.29, 0.717) is 41.5 Å². The maximum Gasteiger partial charge on any atom is 0.188 e. The largest absolute Gasteiger partial charge is 0.467 e. The number of hydrogen-bond donors (Lipinski definition) is 0. The van der Waals surface area contributed by atoms with E-state index >= 15 is 0 Å². The van der Waals surface area contributed by atoms with Gasteiger partial charge in [0.15, 0.2) is 18.2 Å². The Morgan fingerprint density at radius 3 is 2.50 bits per heavy atom. The lowest BCUT2D eigenvalue weighted by Crippen LogP contribution is -2.22. The number of fused-ring (bicyclic) bond motifs is 1.